The first-order chi connectivity index (χ1) is 6.15. The van der Waals surface area contributed by atoms with Crippen molar-refractivity contribution in [3.8, 4) is 6.07 Å². The maximum atomic E-state index is 11.6. The van der Waals surface area contributed by atoms with Gasteiger partial charge in [-0.05, 0) is 0 Å². The van der Waals surface area contributed by atoms with Crippen LogP contribution in [0.2, 0.25) is 5.82 Å². The van der Waals surface area contributed by atoms with E-state index in [1.807, 2.05) is 23.3 Å². The van der Waals surface area contributed by atoms with Gasteiger partial charge < -0.3 is 0 Å². The minimum atomic E-state index is -0.914. The van der Waals surface area contributed by atoms with E-state index < -0.39 is 5.41 Å². The Kier molecular flexibility index (Phi) is 3.27. The number of carbonyl (C=O) groups excluding carboxylic acids is 1. The van der Waals surface area contributed by atoms with Gasteiger partial charge in [0.25, 0.3) is 0 Å². The fourth-order valence-electron chi connectivity index (χ4n) is 0.969. The van der Waals surface area contributed by atoms with E-state index in [4.69, 9.17) is 5.26 Å². The Hall–Kier alpha value is -0.621. The molecule has 1 aromatic rings. The molecule has 0 saturated carbocycles. The summed E-state index contributed by atoms with van der Waals surface area (Å²) in [7, 11) is 0. The summed E-state index contributed by atoms with van der Waals surface area (Å²) >= 11 is 1.35. The Morgan fingerprint density at radius 3 is 2.85 bits per heavy atom. The van der Waals surface area contributed by atoms with E-state index in [-0.39, 0.29) is 19.6 Å². The molecule has 0 amide bonds. The van der Waals surface area contributed by atoms with Crippen LogP contribution in [0.15, 0.2) is 17.5 Å². The Morgan fingerprint density at radius 2 is 2.46 bits per heavy atom. The predicted molar refractivity (Wildman–Crippen MR) is 53.9 cm³/mol. The molecule has 0 aromatic carbocycles. The molecule has 68 valence electrons. The second-order valence-corrected chi connectivity index (χ2v) is 5.29. The molecule has 13 heavy (non-hydrogen) atoms. The normalized spacial score (nSPS) is 14.5. The Morgan fingerprint density at radius 1 is 1.77 bits per heavy atom. The van der Waals surface area contributed by atoms with Gasteiger partial charge in [0.15, 0.2) is 0 Å². The Labute approximate surface area is 87.7 Å². The summed E-state index contributed by atoms with van der Waals surface area (Å²) in [6.07, 6.45) is 0. The molecule has 0 spiro atoms. The van der Waals surface area contributed by atoms with Crippen LogP contribution >= 0.6 is 11.3 Å². The zero-order valence-electron chi connectivity index (χ0n) is 7.40. The number of carbonyl (C=O) groups is 1. The number of nitriles is 1. The van der Waals surface area contributed by atoms with Gasteiger partial charge in [-0.2, -0.15) is 0 Å². The van der Waals surface area contributed by atoms with Crippen molar-refractivity contribution in [1.82, 2.24) is 0 Å². The van der Waals surface area contributed by atoms with Crippen molar-refractivity contribution in [3.05, 3.63) is 22.4 Å². The Bertz CT molecular complexity index is 341. The van der Waals surface area contributed by atoms with E-state index in [2.05, 4.69) is 6.07 Å². The SMILES string of the molecule is C[Se]C(=O)C(C)(C#N)c1cccs1. The minimum absolute atomic E-state index is 0.0463. The number of hydrogen-bond donors (Lipinski definition) is 0. The van der Waals surface area contributed by atoms with E-state index in [1.165, 1.54) is 11.3 Å². The molecule has 0 radical (unpaired) electrons. The van der Waals surface area contributed by atoms with Crippen molar-refractivity contribution in [2.24, 2.45) is 0 Å². The first-order valence-corrected chi connectivity index (χ1v) is 7.13. The summed E-state index contributed by atoms with van der Waals surface area (Å²) in [6.45, 7) is 1.70. The van der Waals surface area contributed by atoms with Crippen LogP contribution in [0.5, 0.6) is 0 Å². The van der Waals surface area contributed by atoms with Crippen LogP contribution in [0.25, 0.3) is 0 Å². The van der Waals surface area contributed by atoms with Crippen LogP contribution in [-0.4, -0.2) is 19.6 Å². The fourth-order valence-corrected chi connectivity index (χ4v) is 3.13. The molecule has 0 fully saturated rings. The van der Waals surface area contributed by atoms with Crippen LogP contribution in [0, 0.1) is 11.3 Å². The summed E-state index contributed by atoms with van der Waals surface area (Å²) in [5.41, 5.74) is -0.914. The summed E-state index contributed by atoms with van der Waals surface area (Å²) in [5, 5.41) is 10.9. The van der Waals surface area contributed by atoms with Gasteiger partial charge in [0.05, 0.1) is 0 Å². The van der Waals surface area contributed by atoms with E-state index in [0.717, 1.165) is 4.88 Å². The van der Waals surface area contributed by atoms with Gasteiger partial charge in [-0.3, -0.25) is 0 Å². The molecule has 1 rings (SSSR count). The van der Waals surface area contributed by atoms with Gasteiger partial charge in [0.2, 0.25) is 0 Å². The van der Waals surface area contributed by atoms with Crippen molar-refractivity contribution in [2.75, 3.05) is 0 Å². The number of rotatable bonds is 3. The third kappa shape index (κ3) is 1.83. The molecule has 1 unspecified atom stereocenters. The first kappa shape index (κ1) is 10.5. The quantitative estimate of drug-likeness (QED) is 0.776. The zero-order chi connectivity index (χ0) is 9.90. The third-order valence-corrected chi connectivity index (χ3v) is 4.56. The van der Waals surface area contributed by atoms with Crippen molar-refractivity contribution in [1.29, 1.82) is 5.26 Å². The van der Waals surface area contributed by atoms with Crippen LogP contribution in [-0.2, 0) is 10.2 Å². The van der Waals surface area contributed by atoms with Gasteiger partial charge in [-0.15, -0.1) is 0 Å². The third-order valence-electron chi connectivity index (χ3n) is 1.83. The molecule has 0 N–H and O–H groups in total. The number of hydrogen-bond acceptors (Lipinski definition) is 3. The van der Waals surface area contributed by atoms with Crippen molar-refractivity contribution < 1.29 is 4.79 Å². The predicted octanol–water partition coefficient (Wildman–Crippen LogP) is 1.81. The molecule has 0 aliphatic rings. The standard InChI is InChI=1S/C9H9NOSSe/c1-9(6-10,8(11)13-2)7-4-3-5-12-7/h3-5H,1-2H3. The molecule has 0 aliphatic heterocycles. The summed E-state index contributed by atoms with van der Waals surface area (Å²) < 4.78 is 0.0463. The van der Waals surface area contributed by atoms with Gasteiger partial charge >= 0.3 is 87.7 Å². The van der Waals surface area contributed by atoms with E-state index in [0.29, 0.717) is 0 Å². The van der Waals surface area contributed by atoms with Crippen LogP contribution in [0.4, 0.5) is 0 Å². The van der Waals surface area contributed by atoms with Gasteiger partial charge in [-0.25, -0.2) is 0 Å². The van der Waals surface area contributed by atoms with E-state index in [1.54, 1.807) is 6.92 Å². The fraction of sp³-hybridized carbons (Fsp3) is 0.333. The molecule has 0 aliphatic carbocycles. The van der Waals surface area contributed by atoms with E-state index >= 15 is 0 Å². The molecule has 1 heterocycles. The topological polar surface area (TPSA) is 40.9 Å². The van der Waals surface area contributed by atoms with E-state index in [9.17, 15) is 4.79 Å². The number of thiophene rings is 1. The zero-order valence-corrected chi connectivity index (χ0v) is 9.93. The molecule has 1 aromatic heterocycles. The van der Waals surface area contributed by atoms with Crippen molar-refractivity contribution in [3.63, 3.8) is 0 Å². The van der Waals surface area contributed by atoms with Gasteiger partial charge in [0, 0.05) is 0 Å². The molecule has 0 saturated heterocycles. The molecular formula is C9H9NOSSe. The monoisotopic (exact) mass is 259 g/mol. The van der Waals surface area contributed by atoms with Crippen LogP contribution in [0.1, 0.15) is 11.8 Å². The van der Waals surface area contributed by atoms with Crippen LogP contribution < -0.4 is 0 Å². The summed E-state index contributed by atoms with van der Waals surface area (Å²) in [4.78, 5) is 12.4. The second kappa shape index (κ2) is 4.06. The van der Waals surface area contributed by atoms with Gasteiger partial charge in [-0.1, -0.05) is 0 Å². The average Bonchev–Trinajstić information content (AvgIpc) is 2.68. The van der Waals surface area contributed by atoms with Crippen molar-refractivity contribution >= 4 is 31.0 Å². The molecule has 0 bridgehead atoms. The average molecular weight is 258 g/mol. The molecule has 1 atom stereocenters. The number of nitrogens with zero attached hydrogens (tertiary/aromatic N) is 1. The van der Waals surface area contributed by atoms with Gasteiger partial charge in [0.1, 0.15) is 0 Å². The molecule has 4 heteroatoms. The van der Waals surface area contributed by atoms with Crippen LogP contribution in [0.3, 0.4) is 0 Å². The Balaban J connectivity index is 3.10. The second-order valence-electron chi connectivity index (χ2n) is 2.71. The molecule has 2 nitrogen and oxygen atoms in total. The molecular weight excluding hydrogens is 249 g/mol. The first-order valence-electron chi connectivity index (χ1n) is 3.69. The van der Waals surface area contributed by atoms with Crippen molar-refractivity contribution in [2.45, 2.75) is 18.2 Å². The summed E-state index contributed by atoms with van der Waals surface area (Å²) in [6, 6.07) is 5.82. The maximum absolute atomic E-state index is 11.6. The summed E-state index contributed by atoms with van der Waals surface area (Å²) in [5.74, 6) is 1.85.